The molecule has 2 amide bonds. The first-order chi connectivity index (χ1) is 16.1. The smallest absolute Gasteiger partial charge is 0.251 e. The first-order valence-electron chi connectivity index (χ1n) is 11.2. The zero-order chi connectivity index (χ0) is 23.0. The Kier molecular flexibility index (Phi) is 7.25. The van der Waals surface area contributed by atoms with Crippen molar-refractivity contribution in [3.05, 3.63) is 96.1 Å². The molecule has 0 aromatic heterocycles. The molecule has 3 aromatic rings. The zero-order valence-electron chi connectivity index (χ0n) is 18.8. The van der Waals surface area contributed by atoms with Crippen LogP contribution in [0.25, 0.3) is 0 Å². The number of anilines is 1. The van der Waals surface area contributed by atoms with Gasteiger partial charge in [-0.05, 0) is 29.8 Å². The quantitative estimate of drug-likeness (QED) is 0.602. The Hall–Kier alpha value is -3.80. The molecule has 6 nitrogen and oxygen atoms in total. The lowest BCUT2D eigenvalue weighted by Crippen LogP contribution is -2.49. The van der Waals surface area contributed by atoms with Crippen LogP contribution in [0.2, 0.25) is 0 Å². The summed E-state index contributed by atoms with van der Waals surface area (Å²) in [5, 5.41) is 3.06. The first kappa shape index (κ1) is 22.4. The van der Waals surface area contributed by atoms with E-state index >= 15 is 0 Å². The first-order valence-corrected chi connectivity index (χ1v) is 11.2. The Morgan fingerprint density at radius 2 is 1.55 bits per heavy atom. The predicted molar refractivity (Wildman–Crippen MR) is 129 cm³/mol. The van der Waals surface area contributed by atoms with E-state index in [0.717, 1.165) is 30.1 Å². The highest BCUT2D eigenvalue weighted by Gasteiger charge is 2.25. The molecule has 1 heterocycles. The van der Waals surface area contributed by atoms with Crippen molar-refractivity contribution in [3.63, 3.8) is 0 Å². The molecule has 4 rings (SSSR count). The summed E-state index contributed by atoms with van der Waals surface area (Å²) in [4.78, 5) is 30.1. The maximum atomic E-state index is 13.2. The maximum absolute atomic E-state index is 13.2. The van der Waals surface area contributed by atoms with Gasteiger partial charge in [-0.25, -0.2) is 0 Å². The fourth-order valence-corrected chi connectivity index (χ4v) is 4.09. The summed E-state index contributed by atoms with van der Waals surface area (Å²) >= 11 is 0. The van der Waals surface area contributed by atoms with Crippen molar-refractivity contribution < 1.29 is 14.3 Å². The summed E-state index contributed by atoms with van der Waals surface area (Å²) in [5.41, 5.74) is 2.60. The number of methoxy groups -OCH3 is 1. The molecular formula is C27H29N3O3. The normalized spacial score (nSPS) is 14.5. The van der Waals surface area contributed by atoms with Crippen molar-refractivity contribution in [2.24, 2.45) is 0 Å². The molecule has 0 spiro atoms. The molecule has 3 aromatic carbocycles. The average Bonchev–Trinajstić information content (AvgIpc) is 2.89. The number of hydrogen-bond donors (Lipinski definition) is 1. The van der Waals surface area contributed by atoms with Gasteiger partial charge in [-0.3, -0.25) is 9.59 Å². The third kappa shape index (κ3) is 5.71. The second-order valence-corrected chi connectivity index (χ2v) is 8.08. The molecule has 1 N–H and O–H groups in total. The molecule has 1 fully saturated rings. The number of amides is 2. The number of nitrogens with zero attached hydrogens (tertiary/aromatic N) is 2. The van der Waals surface area contributed by atoms with Crippen molar-refractivity contribution in [2.75, 3.05) is 38.2 Å². The van der Waals surface area contributed by atoms with Crippen LogP contribution in [0.4, 0.5) is 5.69 Å². The monoisotopic (exact) mass is 443 g/mol. The van der Waals surface area contributed by atoms with Gasteiger partial charge in [-0.1, -0.05) is 54.6 Å². The van der Waals surface area contributed by atoms with Gasteiger partial charge in [0.1, 0.15) is 5.75 Å². The number of ether oxygens (including phenoxy) is 1. The van der Waals surface area contributed by atoms with E-state index in [1.54, 1.807) is 19.2 Å². The molecule has 6 heteroatoms. The van der Waals surface area contributed by atoms with Gasteiger partial charge in [-0.15, -0.1) is 0 Å². The number of rotatable bonds is 7. The van der Waals surface area contributed by atoms with Crippen LogP contribution in [0.1, 0.15) is 28.4 Å². The van der Waals surface area contributed by atoms with E-state index in [-0.39, 0.29) is 24.3 Å². The average molecular weight is 444 g/mol. The molecule has 0 saturated carbocycles. The maximum Gasteiger partial charge on any atom is 0.251 e. The van der Waals surface area contributed by atoms with E-state index in [0.29, 0.717) is 18.7 Å². The highest BCUT2D eigenvalue weighted by molar-refractivity contribution is 5.94. The van der Waals surface area contributed by atoms with Crippen molar-refractivity contribution in [3.8, 4) is 5.75 Å². The number of benzene rings is 3. The third-order valence-corrected chi connectivity index (χ3v) is 5.97. The lowest BCUT2D eigenvalue weighted by Gasteiger charge is -2.37. The number of nitrogens with one attached hydrogen (secondary N) is 1. The minimum atomic E-state index is -0.386. The standard InChI is InChI=1S/C27H29N3O3/c1-33-24-14-8-13-23(19-24)29-15-17-30(18-16-29)26(31)20-25(21-9-4-2-5-10-21)28-27(32)22-11-6-3-7-12-22/h2-14,19,25H,15-18,20H2,1H3,(H,28,32)/t25-/m1/s1. The largest absolute Gasteiger partial charge is 0.497 e. The number of piperazine rings is 1. The molecule has 0 bridgehead atoms. The van der Waals surface area contributed by atoms with Crippen molar-refractivity contribution in [2.45, 2.75) is 12.5 Å². The van der Waals surface area contributed by atoms with Gasteiger partial charge in [0.15, 0.2) is 0 Å². The van der Waals surface area contributed by atoms with Gasteiger partial charge in [-0.2, -0.15) is 0 Å². The fourth-order valence-electron chi connectivity index (χ4n) is 4.09. The Labute approximate surface area is 194 Å². The summed E-state index contributed by atoms with van der Waals surface area (Å²) < 4.78 is 5.33. The van der Waals surface area contributed by atoms with Crippen LogP contribution in [0.15, 0.2) is 84.9 Å². The summed E-state index contributed by atoms with van der Waals surface area (Å²) in [5.74, 6) is 0.688. The molecule has 1 saturated heterocycles. The lowest BCUT2D eigenvalue weighted by atomic mass is 10.0. The molecule has 1 aliphatic heterocycles. The molecule has 33 heavy (non-hydrogen) atoms. The molecule has 1 aliphatic rings. The van der Waals surface area contributed by atoms with Crippen molar-refractivity contribution in [1.29, 1.82) is 0 Å². The van der Waals surface area contributed by atoms with Crippen LogP contribution in [-0.2, 0) is 4.79 Å². The summed E-state index contributed by atoms with van der Waals surface area (Å²) in [7, 11) is 1.66. The fraction of sp³-hybridized carbons (Fsp3) is 0.259. The van der Waals surface area contributed by atoms with Crippen LogP contribution in [0.5, 0.6) is 5.75 Å². The Morgan fingerprint density at radius 1 is 0.879 bits per heavy atom. The molecular weight excluding hydrogens is 414 g/mol. The van der Waals surface area contributed by atoms with Crippen LogP contribution in [0.3, 0.4) is 0 Å². The number of hydrogen-bond acceptors (Lipinski definition) is 4. The topological polar surface area (TPSA) is 61.9 Å². The second kappa shape index (κ2) is 10.7. The van der Waals surface area contributed by atoms with E-state index in [2.05, 4.69) is 16.3 Å². The minimum Gasteiger partial charge on any atom is -0.497 e. The van der Waals surface area contributed by atoms with Gasteiger partial charge in [0.25, 0.3) is 5.91 Å². The van der Waals surface area contributed by atoms with Gasteiger partial charge in [0.05, 0.1) is 19.6 Å². The van der Waals surface area contributed by atoms with Crippen LogP contribution >= 0.6 is 0 Å². The summed E-state index contributed by atoms with van der Waals surface area (Å²) in [6, 6.07) is 26.4. The van der Waals surface area contributed by atoms with Crippen LogP contribution in [-0.4, -0.2) is 50.0 Å². The van der Waals surface area contributed by atoms with Gasteiger partial charge >= 0.3 is 0 Å². The molecule has 0 radical (unpaired) electrons. The highest BCUT2D eigenvalue weighted by Crippen LogP contribution is 2.23. The lowest BCUT2D eigenvalue weighted by molar-refractivity contribution is -0.132. The zero-order valence-corrected chi connectivity index (χ0v) is 18.8. The van der Waals surface area contributed by atoms with E-state index in [1.807, 2.05) is 71.6 Å². The second-order valence-electron chi connectivity index (χ2n) is 8.08. The van der Waals surface area contributed by atoms with Crippen molar-refractivity contribution >= 4 is 17.5 Å². The van der Waals surface area contributed by atoms with Gasteiger partial charge in [0.2, 0.25) is 5.91 Å². The van der Waals surface area contributed by atoms with E-state index in [9.17, 15) is 9.59 Å². The van der Waals surface area contributed by atoms with E-state index in [4.69, 9.17) is 4.74 Å². The highest BCUT2D eigenvalue weighted by atomic mass is 16.5. The Bertz CT molecular complexity index is 1060. The SMILES string of the molecule is COc1cccc(N2CCN(C(=O)C[C@@H](NC(=O)c3ccccc3)c3ccccc3)CC2)c1. The van der Waals surface area contributed by atoms with Crippen molar-refractivity contribution in [1.82, 2.24) is 10.2 Å². The van der Waals surface area contributed by atoms with Crippen LogP contribution in [0, 0.1) is 0 Å². The third-order valence-electron chi connectivity index (χ3n) is 5.97. The molecule has 0 unspecified atom stereocenters. The molecule has 1 atom stereocenters. The Balaban J connectivity index is 1.40. The summed E-state index contributed by atoms with van der Waals surface area (Å²) in [6.45, 7) is 2.80. The van der Waals surface area contributed by atoms with E-state index in [1.165, 1.54) is 0 Å². The number of carbonyl (C=O) groups is 2. The van der Waals surface area contributed by atoms with Crippen LogP contribution < -0.4 is 15.0 Å². The number of carbonyl (C=O) groups excluding carboxylic acids is 2. The summed E-state index contributed by atoms with van der Waals surface area (Å²) in [6.07, 6.45) is 0.224. The van der Waals surface area contributed by atoms with Gasteiger partial charge in [0, 0.05) is 43.5 Å². The molecule has 0 aliphatic carbocycles. The van der Waals surface area contributed by atoms with E-state index < -0.39 is 0 Å². The van der Waals surface area contributed by atoms with Gasteiger partial charge < -0.3 is 19.9 Å². The Morgan fingerprint density at radius 3 is 2.21 bits per heavy atom. The molecule has 170 valence electrons. The minimum absolute atomic E-state index is 0.0440. The predicted octanol–water partition coefficient (Wildman–Crippen LogP) is 3.91.